The van der Waals surface area contributed by atoms with Gasteiger partial charge in [-0.2, -0.15) is 0 Å². The summed E-state index contributed by atoms with van der Waals surface area (Å²) in [6, 6.07) is 6.59. The molecule has 0 spiro atoms. The number of rotatable bonds is 2. The van der Waals surface area contributed by atoms with Crippen molar-refractivity contribution < 1.29 is 4.79 Å². The van der Waals surface area contributed by atoms with E-state index in [1.54, 1.807) is 0 Å². The van der Waals surface area contributed by atoms with Gasteiger partial charge in [-0.05, 0) is 55.6 Å². The van der Waals surface area contributed by atoms with Crippen molar-refractivity contribution in [3.63, 3.8) is 0 Å². The molecule has 2 atom stereocenters. The van der Waals surface area contributed by atoms with Gasteiger partial charge in [-0.3, -0.25) is 4.79 Å². The number of ketones is 1. The van der Waals surface area contributed by atoms with Crippen molar-refractivity contribution in [1.82, 2.24) is 0 Å². The second-order valence-corrected chi connectivity index (χ2v) is 7.63. The van der Waals surface area contributed by atoms with E-state index in [2.05, 4.69) is 52.8 Å². The molecule has 0 amide bonds. The van der Waals surface area contributed by atoms with E-state index in [1.807, 2.05) is 0 Å². The first kappa shape index (κ1) is 15.3. The van der Waals surface area contributed by atoms with E-state index in [9.17, 15) is 4.79 Å². The molecule has 20 heavy (non-hydrogen) atoms. The summed E-state index contributed by atoms with van der Waals surface area (Å²) >= 11 is 0. The Kier molecular flexibility index (Phi) is 4.36. The van der Waals surface area contributed by atoms with Crippen molar-refractivity contribution in [3.05, 3.63) is 34.9 Å². The highest BCUT2D eigenvalue weighted by atomic mass is 16.1. The molecule has 110 valence electrons. The number of hydrogen-bond donors (Lipinski definition) is 0. The molecule has 1 aliphatic carbocycles. The van der Waals surface area contributed by atoms with Crippen molar-refractivity contribution in [3.8, 4) is 0 Å². The molecular weight excluding hydrogens is 244 g/mol. The summed E-state index contributed by atoms with van der Waals surface area (Å²) in [6.45, 7) is 11.2. The summed E-state index contributed by atoms with van der Waals surface area (Å²) in [7, 11) is 0. The molecule has 1 heteroatoms. The Morgan fingerprint density at radius 2 is 1.90 bits per heavy atom. The third kappa shape index (κ3) is 3.50. The van der Waals surface area contributed by atoms with Crippen molar-refractivity contribution in [1.29, 1.82) is 0 Å². The van der Waals surface area contributed by atoms with Gasteiger partial charge >= 0.3 is 0 Å². The van der Waals surface area contributed by atoms with Gasteiger partial charge in [-0.25, -0.2) is 0 Å². The van der Waals surface area contributed by atoms with Gasteiger partial charge in [0.15, 0.2) is 0 Å². The molecule has 1 aliphatic rings. The van der Waals surface area contributed by atoms with E-state index >= 15 is 0 Å². The largest absolute Gasteiger partial charge is 0.299 e. The summed E-state index contributed by atoms with van der Waals surface area (Å²) < 4.78 is 0. The Morgan fingerprint density at radius 3 is 2.55 bits per heavy atom. The molecule has 1 fully saturated rings. The highest BCUT2D eigenvalue weighted by Gasteiger charge is 2.34. The summed E-state index contributed by atoms with van der Waals surface area (Å²) in [6.07, 6.45) is 3.84. The van der Waals surface area contributed by atoms with Crippen LogP contribution in [0.15, 0.2) is 18.2 Å². The second kappa shape index (κ2) is 5.71. The van der Waals surface area contributed by atoms with E-state index in [-0.39, 0.29) is 5.92 Å². The fourth-order valence-corrected chi connectivity index (χ4v) is 3.38. The normalized spacial score (nSPS) is 23.9. The van der Waals surface area contributed by atoms with Crippen LogP contribution in [0, 0.1) is 31.1 Å². The van der Waals surface area contributed by atoms with Crippen molar-refractivity contribution >= 4 is 5.78 Å². The number of aryl methyl sites for hydroxylation is 2. The predicted molar refractivity (Wildman–Crippen MR) is 84.9 cm³/mol. The molecular formula is C19H28O. The summed E-state index contributed by atoms with van der Waals surface area (Å²) in [5.74, 6) is 1.38. The van der Waals surface area contributed by atoms with Gasteiger partial charge in [0.25, 0.3) is 0 Å². The third-order valence-electron chi connectivity index (χ3n) is 4.96. The summed E-state index contributed by atoms with van der Waals surface area (Å²) in [5.41, 5.74) is 4.29. The zero-order valence-electron chi connectivity index (χ0n) is 13.6. The Hall–Kier alpha value is -1.11. The van der Waals surface area contributed by atoms with Gasteiger partial charge in [-0.15, -0.1) is 0 Å². The standard InChI is InChI=1S/C19H28O/c1-13-6-7-14(2)15(10-13)11-16-12-17(19(3,4)5)8-9-18(16)20/h6-7,10,16-17H,8-9,11-12H2,1-5H3. The average molecular weight is 272 g/mol. The van der Waals surface area contributed by atoms with Gasteiger partial charge in [0.05, 0.1) is 0 Å². The molecule has 0 saturated heterocycles. The van der Waals surface area contributed by atoms with Gasteiger partial charge in [0.2, 0.25) is 0 Å². The summed E-state index contributed by atoms with van der Waals surface area (Å²) in [4.78, 5) is 12.3. The van der Waals surface area contributed by atoms with Crippen LogP contribution in [0.2, 0.25) is 0 Å². The van der Waals surface area contributed by atoms with Crippen LogP contribution < -0.4 is 0 Å². The predicted octanol–water partition coefficient (Wildman–Crippen LogP) is 4.88. The van der Waals surface area contributed by atoms with Crippen LogP contribution in [0.3, 0.4) is 0 Å². The first-order valence-corrected chi connectivity index (χ1v) is 7.86. The van der Waals surface area contributed by atoms with Gasteiger partial charge in [0, 0.05) is 12.3 Å². The Morgan fingerprint density at radius 1 is 1.20 bits per heavy atom. The molecule has 0 aromatic heterocycles. The maximum Gasteiger partial charge on any atom is 0.136 e. The fourth-order valence-electron chi connectivity index (χ4n) is 3.38. The van der Waals surface area contributed by atoms with Crippen LogP contribution >= 0.6 is 0 Å². The Balaban J connectivity index is 2.14. The lowest BCUT2D eigenvalue weighted by atomic mass is 9.67. The maximum atomic E-state index is 12.3. The van der Waals surface area contributed by atoms with Crippen LogP contribution in [0.4, 0.5) is 0 Å². The Bertz CT molecular complexity index is 493. The second-order valence-electron chi connectivity index (χ2n) is 7.63. The van der Waals surface area contributed by atoms with Crippen LogP contribution in [0.5, 0.6) is 0 Å². The number of benzene rings is 1. The number of carbonyl (C=O) groups is 1. The molecule has 0 aliphatic heterocycles. The SMILES string of the molecule is Cc1ccc(C)c(CC2CC(C(C)(C)C)CCC2=O)c1. The first-order chi connectivity index (χ1) is 9.27. The number of hydrogen-bond acceptors (Lipinski definition) is 1. The molecule has 0 heterocycles. The highest BCUT2D eigenvalue weighted by Crippen LogP contribution is 2.40. The number of carbonyl (C=O) groups excluding carboxylic acids is 1. The van der Waals surface area contributed by atoms with Crippen molar-refractivity contribution in [2.45, 2.75) is 60.3 Å². The van der Waals surface area contributed by atoms with Gasteiger partial charge < -0.3 is 0 Å². The topological polar surface area (TPSA) is 17.1 Å². The summed E-state index contributed by atoms with van der Waals surface area (Å²) in [5, 5.41) is 0. The van der Waals surface area contributed by atoms with Crippen molar-refractivity contribution in [2.24, 2.45) is 17.3 Å². The lowest BCUT2D eigenvalue weighted by Gasteiger charge is -2.37. The molecule has 2 rings (SSSR count). The zero-order chi connectivity index (χ0) is 14.9. The van der Waals surface area contributed by atoms with Gasteiger partial charge in [-0.1, -0.05) is 44.5 Å². The molecule has 1 nitrogen and oxygen atoms in total. The van der Waals surface area contributed by atoms with Gasteiger partial charge in [0.1, 0.15) is 5.78 Å². The van der Waals surface area contributed by atoms with Crippen LogP contribution in [-0.2, 0) is 11.2 Å². The molecule has 1 aromatic carbocycles. The molecule has 0 N–H and O–H groups in total. The van der Waals surface area contributed by atoms with Crippen molar-refractivity contribution in [2.75, 3.05) is 0 Å². The smallest absolute Gasteiger partial charge is 0.136 e. The minimum Gasteiger partial charge on any atom is -0.299 e. The monoisotopic (exact) mass is 272 g/mol. The molecule has 0 radical (unpaired) electrons. The van der Waals surface area contributed by atoms with Crippen LogP contribution in [0.25, 0.3) is 0 Å². The fraction of sp³-hybridized carbons (Fsp3) is 0.632. The third-order valence-corrected chi connectivity index (χ3v) is 4.96. The minimum absolute atomic E-state index is 0.230. The zero-order valence-corrected chi connectivity index (χ0v) is 13.6. The van der Waals surface area contributed by atoms with E-state index in [4.69, 9.17) is 0 Å². The van der Waals surface area contributed by atoms with Crippen LogP contribution in [0.1, 0.15) is 56.7 Å². The van der Waals surface area contributed by atoms with E-state index in [0.29, 0.717) is 17.1 Å². The molecule has 1 aromatic rings. The molecule has 1 saturated carbocycles. The molecule has 2 unspecified atom stereocenters. The van der Waals surface area contributed by atoms with Crippen LogP contribution in [-0.4, -0.2) is 5.78 Å². The number of Topliss-reactive ketones (excluding diaryl/α,β-unsaturated/α-hetero) is 1. The maximum absolute atomic E-state index is 12.3. The lowest BCUT2D eigenvalue weighted by Crippen LogP contribution is -2.33. The Labute approximate surface area is 123 Å². The first-order valence-electron chi connectivity index (χ1n) is 7.86. The average Bonchev–Trinajstić information content (AvgIpc) is 2.35. The van der Waals surface area contributed by atoms with E-state index in [1.165, 1.54) is 16.7 Å². The van der Waals surface area contributed by atoms with E-state index in [0.717, 1.165) is 25.7 Å². The van der Waals surface area contributed by atoms with E-state index < -0.39 is 0 Å². The lowest BCUT2D eigenvalue weighted by molar-refractivity contribution is -0.126. The minimum atomic E-state index is 0.230. The molecule has 0 bridgehead atoms. The highest BCUT2D eigenvalue weighted by molar-refractivity contribution is 5.82. The quantitative estimate of drug-likeness (QED) is 0.750.